The van der Waals surface area contributed by atoms with Gasteiger partial charge in [-0.15, -0.1) is 0 Å². The molecular weight excluding hydrogens is 366 g/mol. The van der Waals surface area contributed by atoms with Crippen LogP contribution in [0.15, 0.2) is 0 Å². The number of carbonyl (C=O) groups is 2. The second-order valence-electron chi connectivity index (χ2n) is 11.0. The first-order valence-corrected chi connectivity index (χ1v) is 12.3. The fraction of sp³-hybridized carbons (Fsp3) is 0.917. The number of hydrogen-bond acceptors (Lipinski definition) is 2. The van der Waals surface area contributed by atoms with E-state index in [2.05, 4.69) is 31.8 Å². The van der Waals surface area contributed by atoms with Crippen molar-refractivity contribution in [2.45, 2.75) is 97.3 Å². The monoisotopic (exact) mass is 405 g/mol. The zero-order chi connectivity index (χ0) is 19.9. The summed E-state index contributed by atoms with van der Waals surface area (Å²) in [6.45, 7) is 5.24. The van der Waals surface area contributed by atoms with E-state index < -0.39 is 5.24 Å². The Labute approximate surface area is 176 Å². The molecule has 1 N–H and O–H groups in total. The summed E-state index contributed by atoms with van der Waals surface area (Å²) in [5.41, 5.74) is 1.10. The Hall–Kier alpha value is -0.510. The van der Waals surface area contributed by atoms with E-state index >= 15 is 0 Å². The van der Waals surface area contributed by atoms with Gasteiger partial charge in [0.05, 0.1) is 0 Å². The van der Waals surface area contributed by atoms with Crippen LogP contribution in [0.25, 0.3) is 0 Å². The van der Waals surface area contributed by atoms with Gasteiger partial charge in [0, 0.05) is 6.42 Å². The minimum atomic E-state index is -0.539. The Bertz CT molecular complexity index is 622. The Balaban J connectivity index is 1.39. The van der Waals surface area contributed by atoms with E-state index in [0.717, 1.165) is 42.4 Å². The molecule has 0 bridgehead atoms. The van der Waals surface area contributed by atoms with Gasteiger partial charge in [0.1, 0.15) is 0 Å². The van der Waals surface area contributed by atoms with Crippen molar-refractivity contribution >= 4 is 23.8 Å². The first kappa shape index (κ1) is 20.8. The molecule has 7 atom stereocenters. The fourth-order valence-electron chi connectivity index (χ4n) is 8.57. The summed E-state index contributed by atoms with van der Waals surface area (Å²) >= 11 is 3.63. The van der Waals surface area contributed by atoms with Gasteiger partial charge in [-0.3, -0.25) is 14.9 Å². The number of nitrogens with one attached hydrogen (secondary N) is 1. The second-order valence-corrected chi connectivity index (χ2v) is 11.4. The molecule has 0 aromatic rings. The van der Waals surface area contributed by atoms with Gasteiger partial charge in [-0.1, -0.05) is 39.3 Å². The molecule has 4 aliphatic carbocycles. The molecule has 4 rings (SSSR count). The van der Waals surface area contributed by atoms with Crippen LogP contribution in [0.4, 0.5) is 4.79 Å². The topological polar surface area (TPSA) is 46.2 Å². The maximum absolute atomic E-state index is 11.8. The Morgan fingerprint density at radius 1 is 0.929 bits per heavy atom. The van der Waals surface area contributed by atoms with Gasteiger partial charge >= 0.3 is 0 Å². The van der Waals surface area contributed by atoms with Crippen LogP contribution in [0.2, 0.25) is 0 Å². The van der Waals surface area contributed by atoms with Crippen molar-refractivity contribution in [2.24, 2.45) is 40.4 Å². The standard InChI is InChI=1S/C24H39NO2S/c1-23-14-4-3-6-16(23)9-11-18-19-12-10-17(24(19,2)15-13-20(18)23)7-5-8-21(26)25-22(27)28/h16-20H,3-15H2,1-2H3,(H2,25,26,27,28). The highest BCUT2D eigenvalue weighted by Crippen LogP contribution is 2.67. The first-order valence-electron chi connectivity index (χ1n) is 11.9. The third-order valence-electron chi connectivity index (χ3n) is 9.98. The number of imide groups is 1. The molecule has 3 nitrogen and oxygen atoms in total. The van der Waals surface area contributed by atoms with Gasteiger partial charge in [-0.2, -0.15) is 0 Å². The summed E-state index contributed by atoms with van der Waals surface area (Å²) in [5, 5.41) is 1.75. The van der Waals surface area contributed by atoms with Crippen LogP contribution in [0.5, 0.6) is 0 Å². The van der Waals surface area contributed by atoms with Crippen LogP contribution in [-0.2, 0) is 4.79 Å². The van der Waals surface area contributed by atoms with Gasteiger partial charge in [-0.25, -0.2) is 0 Å². The highest BCUT2D eigenvalue weighted by Gasteiger charge is 2.59. The molecular formula is C24H39NO2S. The van der Waals surface area contributed by atoms with Crippen molar-refractivity contribution in [3.63, 3.8) is 0 Å². The number of thiol groups is 1. The van der Waals surface area contributed by atoms with Crippen LogP contribution < -0.4 is 5.32 Å². The lowest BCUT2D eigenvalue weighted by atomic mass is 9.45. The highest BCUT2D eigenvalue weighted by molar-refractivity contribution is 7.96. The number of amides is 2. The average Bonchev–Trinajstić information content (AvgIpc) is 2.97. The molecule has 0 saturated heterocycles. The van der Waals surface area contributed by atoms with E-state index in [4.69, 9.17) is 0 Å². The van der Waals surface area contributed by atoms with Gasteiger partial charge < -0.3 is 0 Å². The molecule has 0 spiro atoms. The minimum absolute atomic E-state index is 0.174. The van der Waals surface area contributed by atoms with E-state index in [0.29, 0.717) is 17.3 Å². The molecule has 4 saturated carbocycles. The fourth-order valence-corrected chi connectivity index (χ4v) is 8.69. The molecule has 4 heteroatoms. The summed E-state index contributed by atoms with van der Waals surface area (Å²) in [4.78, 5) is 22.7. The largest absolute Gasteiger partial charge is 0.287 e. The smallest absolute Gasteiger partial charge is 0.282 e. The summed E-state index contributed by atoms with van der Waals surface area (Å²) in [6.07, 6.45) is 16.9. The van der Waals surface area contributed by atoms with Crippen molar-refractivity contribution in [3.8, 4) is 0 Å². The van der Waals surface area contributed by atoms with Crippen LogP contribution in [-0.4, -0.2) is 11.1 Å². The van der Waals surface area contributed by atoms with E-state index in [1.165, 1.54) is 64.2 Å². The molecule has 0 radical (unpaired) electrons. The molecule has 0 heterocycles. The maximum Gasteiger partial charge on any atom is 0.282 e. The van der Waals surface area contributed by atoms with E-state index in [1.807, 2.05) is 0 Å². The summed E-state index contributed by atoms with van der Waals surface area (Å²) < 4.78 is 0. The van der Waals surface area contributed by atoms with Gasteiger partial charge in [0.25, 0.3) is 5.24 Å². The molecule has 4 aliphatic rings. The lowest BCUT2D eigenvalue weighted by Gasteiger charge is -2.60. The van der Waals surface area contributed by atoms with Gasteiger partial charge in [0.15, 0.2) is 0 Å². The summed E-state index contributed by atoms with van der Waals surface area (Å²) in [7, 11) is 0. The number of rotatable bonds is 4. The molecule has 28 heavy (non-hydrogen) atoms. The second kappa shape index (κ2) is 7.96. The summed E-state index contributed by atoms with van der Waals surface area (Å²) in [5.74, 6) is 4.41. The molecule has 4 fully saturated rings. The van der Waals surface area contributed by atoms with Crippen molar-refractivity contribution in [1.82, 2.24) is 5.32 Å². The first-order chi connectivity index (χ1) is 13.3. The molecule has 0 aromatic heterocycles. The molecule has 2 amide bonds. The molecule has 158 valence electrons. The highest BCUT2D eigenvalue weighted by atomic mass is 32.1. The number of carbonyl (C=O) groups excluding carboxylic acids is 2. The van der Waals surface area contributed by atoms with Gasteiger partial charge in [0.2, 0.25) is 5.91 Å². The molecule has 0 aromatic carbocycles. The van der Waals surface area contributed by atoms with E-state index in [-0.39, 0.29) is 5.91 Å². The molecule has 7 unspecified atom stereocenters. The zero-order valence-corrected chi connectivity index (χ0v) is 18.7. The van der Waals surface area contributed by atoms with Crippen molar-refractivity contribution in [1.29, 1.82) is 0 Å². The van der Waals surface area contributed by atoms with Crippen LogP contribution in [0, 0.1) is 40.4 Å². The van der Waals surface area contributed by atoms with E-state index in [1.54, 1.807) is 0 Å². The average molecular weight is 406 g/mol. The van der Waals surface area contributed by atoms with E-state index in [9.17, 15) is 9.59 Å². The van der Waals surface area contributed by atoms with Crippen LogP contribution in [0.3, 0.4) is 0 Å². The molecule has 0 aliphatic heterocycles. The lowest BCUT2D eigenvalue weighted by molar-refractivity contribution is -0.120. The quantitative estimate of drug-likeness (QED) is 0.534. The zero-order valence-electron chi connectivity index (χ0n) is 17.8. The lowest BCUT2D eigenvalue weighted by Crippen LogP contribution is -2.52. The van der Waals surface area contributed by atoms with Crippen LogP contribution in [0.1, 0.15) is 97.3 Å². The number of hydrogen-bond donors (Lipinski definition) is 2. The predicted molar refractivity (Wildman–Crippen MR) is 116 cm³/mol. The third-order valence-corrected chi connectivity index (χ3v) is 10.1. The predicted octanol–water partition coefficient (Wildman–Crippen LogP) is 6.37. The Kier molecular flexibility index (Phi) is 5.90. The number of fused-ring (bicyclic) bond motifs is 5. The van der Waals surface area contributed by atoms with Gasteiger partial charge in [-0.05, 0) is 105 Å². The van der Waals surface area contributed by atoms with Crippen LogP contribution >= 0.6 is 12.6 Å². The van der Waals surface area contributed by atoms with Crippen molar-refractivity contribution < 1.29 is 9.59 Å². The Morgan fingerprint density at radius 3 is 2.50 bits per heavy atom. The Morgan fingerprint density at radius 2 is 1.71 bits per heavy atom. The maximum atomic E-state index is 11.8. The van der Waals surface area contributed by atoms with Crippen molar-refractivity contribution in [3.05, 3.63) is 0 Å². The normalized spacial score (nSPS) is 44.9. The minimum Gasteiger partial charge on any atom is -0.287 e. The summed E-state index contributed by atoms with van der Waals surface area (Å²) in [6, 6.07) is 0. The van der Waals surface area contributed by atoms with Crippen molar-refractivity contribution in [2.75, 3.05) is 0 Å². The third kappa shape index (κ3) is 3.56. The SMILES string of the molecule is CC12CCCCC1CCC1C2CCC2(C)C(CCCC(=O)NC(=O)S)CCC12.